The molecule has 0 saturated carbocycles. The Bertz CT molecular complexity index is 571. The average Bonchev–Trinajstić information content (AvgIpc) is 2.75. The second-order valence-corrected chi connectivity index (χ2v) is 3.89. The minimum atomic E-state index is -0.296. The third kappa shape index (κ3) is 1.49. The molecule has 2 aromatic carbocycles. The highest BCUT2D eigenvalue weighted by molar-refractivity contribution is 5.83. The number of hydrogen-bond acceptors (Lipinski definition) is 3. The molecule has 0 atom stereocenters. The van der Waals surface area contributed by atoms with Crippen LogP contribution in [0.4, 0.5) is 21.5 Å². The first-order chi connectivity index (χ1) is 8.27. The summed E-state index contributed by atoms with van der Waals surface area (Å²) >= 11 is 0. The summed E-state index contributed by atoms with van der Waals surface area (Å²) in [6, 6.07) is 11.8. The van der Waals surface area contributed by atoms with Crippen molar-refractivity contribution in [3.63, 3.8) is 0 Å². The molecule has 1 heterocycles. The van der Waals surface area contributed by atoms with Crippen molar-refractivity contribution in [1.82, 2.24) is 0 Å². The molecule has 17 heavy (non-hydrogen) atoms. The molecular weight excluding hydrogens is 219 g/mol. The molecule has 0 aliphatic carbocycles. The summed E-state index contributed by atoms with van der Waals surface area (Å²) in [6.07, 6.45) is 0. The number of nitrogens with one attached hydrogen (secondary N) is 1. The highest BCUT2D eigenvalue weighted by Crippen LogP contribution is 2.41. The van der Waals surface area contributed by atoms with Gasteiger partial charge in [0.1, 0.15) is 17.3 Å². The van der Waals surface area contributed by atoms with Crippen molar-refractivity contribution in [2.24, 2.45) is 0 Å². The molecule has 0 saturated heterocycles. The van der Waals surface area contributed by atoms with E-state index in [1.807, 2.05) is 12.1 Å². The first-order valence-electron chi connectivity index (χ1n) is 5.35. The number of para-hydroxylation sites is 3. The molecule has 3 rings (SSSR count). The molecule has 0 fully saturated rings. The molecule has 0 spiro atoms. The van der Waals surface area contributed by atoms with Gasteiger partial charge in [-0.25, -0.2) is 4.39 Å². The van der Waals surface area contributed by atoms with Crippen LogP contribution in [0.3, 0.4) is 0 Å². The monoisotopic (exact) mass is 230 g/mol. The molecular formula is C13H11FN2O. The van der Waals surface area contributed by atoms with Crippen LogP contribution < -0.4 is 10.2 Å². The summed E-state index contributed by atoms with van der Waals surface area (Å²) in [6.45, 7) is 0.452. The number of halogens is 1. The van der Waals surface area contributed by atoms with Crippen LogP contribution in [0.5, 0.6) is 5.75 Å². The van der Waals surface area contributed by atoms with E-state index in [2.05, 4.69) is 5.32 Å². The lowest BCUT2D eigenvalue weighted by Crippen LogP contribution is -2.17. The largest absolute Gasteiger partial charge is 0.506 e. The molecule has 1 aliphatic heterocycles. The predicted molar refractivity (Wildman–Crippen MR) is 65.1 cm³/mol. The van der Waals surface area contributed by atoms with Gasteiger partial charge in [-0.3, -0.25) is 0 Å². The zero-order valence-corrected chi connectivity index (χ0v) is 9.02. The molecule has 2 N–H and O–H groups in total. The summed E-state index contributed by atoms with van der Waals surface area (Å²) in [5.74, 6) is -0.152. The van der Waals surface area contributed by atoms with E-state index >= 15 is 0 Å². The van der Waals surface area contributed by atoms with Crippen LogP contribution in [0.2, 0.25) is 0 Å². The van der Waals surface area contributed by atoms with Crippen molar-refractivity contribution < 1.29 is 9.50 Å². The van der Waals surface area contributed by atoms with Crippen molar-refractivity contribution in [2.75, 3.05) is 16.9 Å². The zero-order valence-electron chi connectivity index (χ0n) is 9.02. The number of aromatic hydroxyl groups is 1. The van der Waals surface area contributed by atoms with E-state index in [1.165, 1.54) is 6.07 Å². The number of nitrogens with zero attached hydrogens (tertiary/aromatic N) is 1. The van der Waals surface area contributed by atoms with Crippen LogP contribution in [0.1, 0.15) is 0 Å². The SMILES string of the molecule is Oc1ccccc1N1CNc2cccc(F)c21. The number of phenolic OH excluding ortho intramolecular Hbond substituents is 1. The molecule has 0 aromatic heterocycles. The third-order valence-electron chi connectivity index (χ3n) is 2.86. The van der Waals surface area contributed by atoms with Gasteiger partial charge in [-0.15, -0.1) is 0 Å². The van der Waals surface area contributed by atoms with Crippen molar-refractivity contribution in [2.45, 2.75) is 0 Å². The molecule has 4 heteroatoms. The summed E-state index contributed by atoms with van der Waals surface area (Å²) in [5.41, 5.74) is 1.83. The fraction of sp³-hybridized carbons (Fsp3) is 0.0769. The summed E-state index contributed by atoms with van der Waals surface area (Å²) < 4.78 is 13.8. The third-order valence-corrected chi connectivity index (χ3v) is 2.86. The van der Waals surface area contributed by atoms with E-state index in [4.69, 9.17) is 0 Å². The minimum Gasteiger partial charge on any atom is -0.506 e. The molecule has 2 aromatic rings. The van der Waals surface area contributed by atoms with Crippen molar-refractivity contribution in [1.29, 1.82) is 0 Å². The molecule has 1 aliphatic rings. The highest BCUT2D eigenvalue weighted by Gasteiger charge is 2.24. The zero-order chi connectivity index (χ0) is 11.8. The van der Waals surface area contributed by atoms with Crippen molar-refractivity contribution in [3.05, 3.63) is 48.3 Å². The van der Waals surface area contributed by atoms with E-state index in [9.17, 15) is 9.50 Å². The van der Waals surface area contributed by atoms with E-state index in [0.29, 0.717) is 18.0 Å². The van der Waals surface area contributed by atoms with Gasteiger partial charge in [-0.1, -0.05) is 18.2 Å². The Morgan fingerprint density at radius 1 is 1.12 bits per heavy atom. The lowest BCUT2D eigenvalue weighted by Gasteiger charge is -2.19. The predicted octanol–water partition coefficient (Wildman–Crippen LogP) is 3.05. The van der Waals surface area contributed by atoms with Gasteiger partial charge >= 0.3 is 0 Å². The van der Waals surface area contributed by atoms with Crippen LogP contribution in [-0.2, 0) is 0 Å². The molecule has 0 unspecified atom stereocenters. The maximum atomic E-state index is 13.8. The summed E-state index contributed by atoms with van der Waals surface area (Å²) in [4.78, 5) is 1.72. The Hall–Kier alpha value is -2.23. The average molecular weight is 230 g/mol. The Labute approximate surface area is 98.1 Å². The first kappa shape index (κ1) is 9.96. The number of phenols is 1. The van der Waals surface area contributed by atoms with Gasteiger partial charge in [0.2, 0.25) is 0 Å². The Balaban J connectivity index is 2.13. The maximum Gasteiger partial charge on any atom is 0.149 e. The standard InChI is InChI=1S/C13H11FN2O/c14-9-4-3-5-10-13(9)16(8-15-10)11-6-1-2-7-12(11)17/h1-7,15,17H,8H2. The van der Waals surface area contributed by atoms with E-state index in [-0.39, 0.29) is 11.6 Å². The Kier molecular flexibility index (Phi) is 2.14. The number of rotatable bonds is 1. The van der Waals surface area contributed by atoms with Crippen LogP contribution in [-0.4, -0.2) is 11.8 Å². The van der Waals surface area contributed by atoms with Gasteiger partial charge in [-0.2, -0.15) is 0 Å². The first-order valence-corrected chi connectivity index (χ1v) is 5.35. The van der Waals surface area contributed by atoms with Gasteiger partial charge in [-0.05, 0) is 24.3 Å². The topological polar surface area (TPSA) is 35.5 Å². The Morgan fingerprint density at radius 2 is 1.94 bits per heavy atom. The van der Waals surface area contributed by atoms with Crippen molar-refractivity contribution >= 4 is 17.1 Å². The van der Waals surface area contributed by atoms with Crippen LogP contribution in [0, 0.1) is 5.82 Å². The van der Waals surface area contributed by atoms with Gasteiger partial charge < -0.3 is 15.3 Å². The van der Waals surface area contributed by atoms with Gasteiger partial charge in [0.25, 0.3) is 0 Å². The smallest absolute Gasteiger partial charge is 0.149 e. The fourth-order valence-corrected chi connectivity index (χ4v) is 2.07. The lowest BCUT2D eigenvalue weighted by molar-refractivity contribution is 0.475. The Morgan fingerprint density at radius 3 is 2.76 bits per heavy atom. The normalized spacial score (nSPS) is 13.4. The van der Waals surface area contributed by atoms with Crippen LogP contribution >= 0.6 is 0 Å². The lowest BCUT2D eigenvalue weighted by atomic mass is 10.2. The number of hydrogen-bond donors (Lipinski definition) is 2. The quantitative estimate of drug-likeness (QED) is 0.790. The van der Waals surface area contributed by atoms with Gasteiger partial charge in [0.15, 0.2) is 0 Å². The summed E-state index contributed by atoms with van der Waals surface area (Å²) in [7, 11) is 0. The molecule has 0 bridgehead atoms. The van der Waals surface area contributed by atoms with E-state index in [0.717, 1.165) is 5.69 Å². The van der Waals surface area contributed by atoms with Gasteiger partial charge in [0, 0.05) is 0 Å². The second-order valence-electron chi connectivity index (χ2n) is 3.89. The van der Waals surface area contributed by atoms with Crippen molar-refractivity contribution in [3.8, 4) is 5.75 Å². The second kappa shape index (κ2) is 3.66. The molecule has 0 radical (unpaired) electrons. The van der Waals surface area contributed by atoms with E-state index < -0.39 is 0 Å². The fourth-order valence-electron chi connectivity index (χ4n) is 2.07. The number of fused-ring (bicyclic) bond motifs is 1. The number of anilines is 3. The summed E-state index contributed by atoms with van der Waals surface area (Å²) in [5, 5.41) is 12.9. The van der Waals surface area contributed by atoms with Crippen LogP contribution in [0.25, 0.3) is 0 Å². The van der Waals surface area contributed by atoms with Crippen LogP contribution in [0.15, 0.2) is 42.5 Å². The molecule has 3 nitrogen and oxygen atoms in total. The number of benzene rings is 2. The highest BCUT2D eigenvalue weighted by atomic mass is 19.1. The van der Waals surface area contributed by atoms with E-state index in [1.54, 1.807) is 29.2 Å². The van der Waals surface area contributed by atoms with Gasteiger partial charge in [0.05, 0.1) is 18.0 Å². The minimum absolute atomic E-state index is 0.144. The maximum absolute atomic E-state index is 13.8. The molecule has 0 amide bonds. The molecule has 86 valence electrons.